The standard InChI is InChI=1S/C6H2BF2O8/c8-1-3(10)14-7(15-4(1)11)16-5(12)2(9)6(13)17-7/h1-2H/q-1. The van der Waals surface area contributed by atoms with E-state index in [0.717, 1.165) is 0 Å². The van der Waals surface area contributed by atoms with Crippen molar-refractivity contribution in [1.29, 1.82) is 0 Å². The van der Waals surface area contributed by atoms with Gasteiger partial charge in [0.05, 0.1) is 0 Å². The van der Waals surface area contributed by atoms with Gasteiger partial charge >= 0.3 is 30.8 Å². The first-order valence-corrected chi connectivity index (χ1v) is 4.17. The van der Waals surface area contributed by atoms with Crippen LogP contribution in [0.5, 0.6) is 0 Å². The molecule has 11 heteroatoms. The third-order valence-corrected chi connectivity index (χ3v) is 1.87. The van der Waals surface area contributed by atoms with Gasteiger partial charge in [0, 0.05) is 0 Å². The highest BCUT2D eigenvalue weighted by atomic mass is 19.1. The van der Waals surface area contributed by atoms with E-state index >= 15 is 0 Å². The van der Waals surface area contributed by atoms with Crippen LogP contribution in [-0.2, 0) is 37.8 Å². The van der Waals surface area contributed by atoms with Crippen LogP contribution in [0.1, 0.15) is 0 Å². The molecule has 1 spiro atoms. The molecule has 0 aliphatic carbocycles. The molecule has 0 radical (unpaired) electrons. The third kappa shape index (κ3) is 1.68. The highest BCUT2D eigenvalue weighted by molar-refractivity contribution is 6.64. The normalized spacial score (nSPS) is 37.1. The first-order valence-electron chi connectivity index (χ1n) is 4.17. The number of halogens is 2. The highest BCUT2D eigenvalue weighted by Gasteiger charge is 2.59. The zero-order valence-corrected chi connectivity index (χ0v) is 7.75. The molecule has 0 N–H and O–H groups in total. The van der Waals surface area contributed by atoms with Crippen molar-refractivity contribution in [3.8, 4) is 0 Å². The Kier molecular flexibility index (Phi) is 2.26. The largest absolute Gasteiger partial charge is 0.784 e. The molecule has 0 bridgehead atoms. The fourth-order valence-electron chi connectivity index (χ4n) is 1.14. The van der Waals surface area contributed by atoms with E-state index in [-0.39, 0.29) is 0 Å². The maximum absolute atomic E-state index is 12.7. The number of hydrogen-bond acceptors (Lipinski definition) is 8. The van der Waals surface area contributed by atoms with Crippen LogP contribution in [0.2, 0.25) is 0 Å². The molecule has 0 aromatic heterocycles. The lowest BCUT2D eigenvalue weighted by Crippen LogP contribution is -2.65. The summed E-state index contributed by atoms with van der Waals surface area (Å²) in [4.78, 5) is 43.3. The fraction of sp³-hybridized carbons (Fsp3) is 0.333. The molecule has 0 aromatic rings. The summed E-state index contributed by atoms with van der Waals surface area (Å²) in [6, 6.07) is 0. The van der Waals surface area contributed by atoms with E-state index in [9.17, 15) is 28.0 Å². The van der Waals surface area contributed by atoms with Crippen LogP contribution in [0.25, 0.3) is 0 Å². The van der Waals surface area contributed by atoms with Gasteiger partial charge in [0.2, 0.25) is 0 Å². The van der Waals surface area contributed by atoms with Gasteiger partial charge in [-0.25, -0.2) is 8.78 Å². The predicted octanol–water partition coefficient (Wildman–Crippen LogP) is -1.70. The number of hydrogen-bond donors (Lipinski definition) is 0. The summed E-state index contributed by atoms with van der Waals surface area (Å²) in [5, 5.41) is 0. The number of carbonyl (C=O) groups excluding carboxylic acids is 4. The molecule has 2 heterocycles. The lowest BCUT2D eigenvalue weighted by molar-refractivity contribution is -0.188. The molecule has 2 fully saturated rings. The monoisotopic (exact) mass is 251 g/mol. The SMILES string of the molecule is O=C1O[B-]2(OC(=O)C1F)OC(=O)C(F)C(=O)O2. The summed E-state index contributed by atoms with van der Waals surface area (Å²) in [5.74, 6) is -7.06. The van der Waals surface area contributed by atoms with Crippen molar-refractivity contribution >= 4 is 30.8 Å². The molecule has 2 saturated heterocycles. The zero-order valence-electron chi connectivity index (χ0n) is 7.75. The van der Waals surface area contributed by atoms with Gasteiger partial charge < -0.3 is 18.6 Å². The summed E-state index contributed by atoms with van der Waals surface area (Å²) in [7, 11) is 0. The zero-order chi connectivity index (χ0) is 12.8. The van der Waals surface area contributed by atoms with Crippen molar-refractivity contribution in [3.05, 3.63) is 0 Å². The molecule has 17 heavy (non-hydrogen) atoms. The summed E-state index contributed by atoms with van der Waals surface area (Å²) < 4.78 is 41.5. The minimum absolute atomic E-state index is 1.76. The van der Waals surface area contributed by atoms with Crippen molar-refractivity contribution in [2.24, 2.45) is 0 Å². The summed E-state index contributed by atoms with van der Waals surface area (Å²) in [6.45, 7) is -3.90. The molecule has 0 atom stereocenters. The molecule has 0 saturated carbocycles. The van der Waals surface area contributed by atoms with Crippen molar-refractivity contribution in [2.75, 3.05) is 0 Å². The molecular formula is C6H2BF2O8-. The van der Waals surface area contributed by atoms with Gasteiger partial charge in [-0.05, 0) is 0 Å². The molecule has 2 aliphatic heterocycles. The van der Waals surface area contributed by atoms with E-state index in [2.05, 4.69) is 18.6 Å². The fourth-order valence-corrected chi connectivity index (χ4v) is 1.14. The lowest BCUT2D eigenvalue weighted by Gasteiger charge is -2.43. The van der Waals surface area contributed by atoms with Gasteiger partial charge in [-0.15, -0.1) is 0 Å². The smallest absolute Gasteiger partial charge is 0.582 e. The summed E-state index contributed by atoms with van der Waals surface area (Å²) in [5.41, 5.74) is 0. The van der Waals surface area contributed by atoms with E-state index in [1.54, 1.807) is 0 Å². The van der Waals surface area contributed by atoms with E-state index < -0.39 is 43.2 Å². The maximum Gasteiger partial charge on any atom is 0.784 e. The quantitative estimate of drug-likeness (QED) is 0.370. The van der Waals surface area contributed by atoms with Gasteiger partial charge in [0.25, 0.3) is 12.3 Å². The van der Waals surface area contributed by atoms with Gasteiger partial charge in [-0.3, -0.25) is 19.2 Å². The third-order valence-electron chi connectivity index (χ3n) is 1.87. The molecule has 2 rings (SSSR count). The van der Waals surface area contributed by atoms with Crippen LogP contribution >= 0.6 is 0 Å². The number of alkyl halides is 2. The van der Waals surface area contributed by atoms with Gasteiger partial charge in [0.1, 0.15) is 0 Å². The Morgan fingerprint density at radius 1 is 0.706 bits per heavy atom. The molecule has 0 unspecified atom stereocenters. The van der Waals surface area contributed by atoms with Gasteiger partial charge in [-0.2, -0.15) is 0 Å². The van der Waals surface area contributed by atoms with Gasteiger partial charge in [0.15, 0.2) is 0 Å². The summed E-state index contributed by atoms with van der Waals surface area (Å²) >= 11 is 0. The Labute approximate surface area is 90.8 Å². The van der Waals surface area contributed by atoms with Crippen molar-refractivity contribution < 1.29 is 46.6 Å². The van der Waals surface area contributed by atoms with Crippen LogP contribution in [-0.4, -0.2) is 43.2 Å². The molecule has 92 valence electrons. The molecule has 0 amide bonds. The van der Waals surface area contributed by atoms with Crippen molar-refractivity contribution in [3.63, 3.8) is 0 Å². The average Bonchev–Trinajstić information content (AvgIpc) is 2.22. The Bertz CT molecular complexity index is 356. The minimum atomic E-state index is -3.90. The second kappa shape index (κ2) is 3.40. The number of carbonyl (C=O) groups is 4. The number of rotatable bonds is 0. The first-order chi connectivity index (χ1) is 7.84. The van der Waals surface area contributed by atoms with Crippen LogP contribution in [0.15, 0.2) is 0 Å². The molecule has 2 aliphatic rings. The van der Waals surface area contributed by atoms with E-state index in [4.69, 9.17) is 0 Å². The van der Waals surface area contributed by atoms with Crippen LogP contribution in [0, 0.1) is 0 Å². The van der Waals surface area contributed by atoms with Crippen molar-refractivity contribution in [1.82, 2.24) is 0 Å². The Balaban J connectivity index is 2.26. The van der Waals surface area contributed by atoms with Gasteiger partial charge in [-0.1, -0.05) is 0 Å². The van der Waals surface area contributed by atoms with E-state index in [1.807, 2.05) is 0 Å². The predicted molar refractivity (Wildman–Crippen MR) is 39.9 cm³/mol. The molecule has 8 nitrogen and oxygen atoms in total. The van der Waals surface area contributed by atoms with Crippen LogP contribution in [0.3, 0.4) is 0 Å². The van der Waals surface area contributed by atoms with Crippen molar-refractivity contribution in [2.45, 2.75) is 12.3 Å². The minimum Gasteiger partial charge on any atom is -0.582 e. The Hall–Kier alpha value is -2.20. The summed E-state index contributed by atoms with van der Waals surface area (Å²) in [6.07, 6.45) is -5.49. The Morgan fingerprint density at radius 2 is 0.941 bits per heavy atom. The maximum atomic E-state index is 12.7. The second-order valence-electron chi connectivity index (χ2n) is 3.05. The van der Waals surface area contributed by atoms with E-state index in [0.29, 0.717) is 0 Å². The molecular weight excluding hydrogens is 249 g/mol. The lowest BCUT2D eigenvalue weighted by atomic mass is 9.99. The Morgan fingerprint density at radius 3 is 1.18 bits per heavy atom. The molecule has 0 aromatic carbocycles. The van der Waals surface area contributed by atoms with E-state index in [1.165, 1.54) is 0 Å². The highest BCUT2D eigenvalue weighted by Crippen LogP contribution is 2.26. The average molecular weight is 251 g/mol. The first kappa shape index (κ1) is 11.3. The van der Waals surface area contributed by atoms with Crippen LogP contribution in [0.4, 0.5) is 8.78 Å². The van der Waals surface area contributed by atoms with Crippen LogP contribution < -0.4 is 0 Å². The second-order valence-corrected chi connectivity index (χ2v) is 3.05. The topological polar surface area (TPSA) is 105 Å².